The molecule has 2 unspecified atom stereocenters. The van der Waals surface area contributed by atoms with E-state index < -0.39 is 12.2 Å². The van der Waals surface area contributed by atoms with Gasteiger partial charge in [-0.15, -0.1) is 0 Å². The molecule has 0 aromatic carbocycles. The van der Waals surface area contributed by atoms with Gasteiger partial charge in [0.05, 0.1) is 22.3 Å². The molecule has 0 spiro atoms. The smallest absolute Gasteiger partial charge is 0.150 e. The van der Waals surface area contributed by atoms with Crippen LogP contribution >= 0.6 is 23.2 Å². The molecule has 1 aliphatic heterocycles. The maximum Gasteiger partial charge on any atom is 0.150 e. The van der Waals surface area contributed by atoms with Gasteiger partial charge in [0.1, 0.15) is 11.6 Å². The van der Waals surface area contributed by atoms with Crippen molar-refractivity contribution in [2.45, 2.75) is 19.1 Å². The van der Waals surface area contributed by atoms with Crippen LogP contribution in [0.4, 0.5) is 11.6 Å². The highest BCUT2D eigenvalue weighted by Crippen LogP contribution is 2.33. The Morgan fingerprint density at radius 1 is 1.33 bits per heavy atom. The van der Waals surface area contributed by atoms with Crippen molar-refractivity contribution in [2.24, 2.45) is 0 Å². The molecule has 0 amide bonds. The molecule has 0 aliphatic carbocycles. The number of aromatic nitrogens is 1. The lowest BCUT2D eigenvalue weighted by molar-refractivity contribution is 0.0572. The lowest BCUT2D eigenvalue weighted by atomic mass is 10.3. The second-order valence-electron chi connectivity index (χ2n) is 4.19. The Kier molecular flexibility index (Phi) is 4.17. The van der Waals surface area contributed by atoms with Crippen LogP contribution in [-0.4, -0.2) is 47.0 Å². The standard InChI is InChI=1S/C11H15Cl2N3O2/c1-2-14-10-6(12)3-7(13)11(15-10)16-4-8(17)9(18)5-16/h3,8-9,17-18H,2,4-5H2,1H3,(H,14,15). The number of hydrogen-bond acceptors (Lipinski definition) is 5. The maximum absolute atomic E-state index is 9.54. The van der Waals surface area contributed by atoms with E-state index in [4.69, 9.17) is 23.2 Å². The first-order valence-corrected chi connectivity index (χ1v) is 6.49. The minimum atomic E-state index is -0.777. The Morgan fingerprint density at radius 3 is 2.50 bits per heavy atom. The SMILES string of the molecule is CCNc1nc(N2CC(O)C(O)C2)c(Cl)cc1Cl. The predicted molar refractivity (Wildman–Crippen MR) is 72.6 cm³/mol. The van der Waals surface area contributed by atoms with Crippen LogP contribution in [0.25, 0.3) is 0 Å². The van der Waals surface area contributed by atoms with Gasteiger partial charge in [0.25, 0.3) is 0 Å². The van der Waals surface area contributed by atoms with Crippen LogP contribution in [0.2, 0.25) is 10.0 Å². The minimum absolute atomic E-state index is 0.307. The van der Waals surface area contributed by atoms with E-state index in [1.807, 2.05) is 6.92 Å². The van der Waals surface area contributed by atoms with Gasteiger partial charge in [-0.2, -0.15) is 0 Å². The third-order valence-electron chi connectivity index (χ3n) is 2.81. The van der Waals surface area contributed by atoms with Crippen LogP contribution in [0.1, 0.15) is 6.92 Å². The molecule has 3 N–H and O–H groups in total. The highest BCUT2D eigenvalue weighted by molar-refractivity contribution is 6.37. The fourth-order valence-corrected chi connectivity index (χ4v) is 2.46. The van der Waals surface area contributed by atoms with Crippen molar-refractivity contribution in [3.05, 3.63) is 16.1 Å². The van der Waals surface area contributed by atoms with Crippen LogP contribution in [0.3, 0.4) is 0 Å². The zero-order valence-corrected chi connectivity index (χ0v) is 11.4. The number of nitrogens with one attached hydrogen (secondary N) is 1. The molecule has 1 aliphatic rings. The molecule has 1 aromatic rings. The fraction of sp³-hybridized carbons (Fsp3) is 0.545. The van der Waals surface area contributed by atoms with E-state index in [2.05, 4.69) is 10.3 Å². The molecule has 0 saturated carbocycles. The molecule has 1 fully saturated rings. The Hall–Kier alpha value is -0.750. The van der Waals surface area contributed by atoms with Gasteiger partial charge in [-0.1, -0.05) is 23.2 Å². The summed E-state index contributed by atoms with van der Waals surface area (Å²) in [7, 11) is 0. The number of β-amino-alcohol motifs (C(OH)–C–C–N with tert-alkyl or cyclic N) is 2. The van der Waals surface area contributed by atoms with E-state index in [0.29, 0.717) is 41.3 Å². The Balaban J connectivity index is 2.30. The molecule has 0 bridgehead atoms. The lowest BCUT2D eigenvalue weighted by Crippen LogP contribution is -2.23. The summed E-state index contributed by atoms with van der Waals surface area (Å²) >= 11 is 12.1. The van der Waals surface area contributed by atoms with Gasteiger partial charge in [0.2, 0.25) is 0 Å². The molecule has 100 valence electrons. The maximum atomic E-state index is 9.54. The van der Waals surface area contributed by atoms with Gasteiger partial charge in [0.15, 0.2) is 0 Å². The summed E-state index contributed by atoms with van der Waals surface area (Å²) in [6.07, 6.45) is -1.55. The second-order valence-corrected chi connectivity index (χ2v) is 5.01. The van der Waals surface area contributed by atoms with Crippen molar-refractivity contribution < 1.29 is 10.2 Å². The molecule has 0 radical (unpaired) electrons. The minimum Gasteiger partial charge on any atom is -0.389 e. The van der Waals surface area contributed by atoms with Crippen molar-refractivity contribution in [3.63, 3.8) is 0 Å². The summed E-state index contributed by atoms with van der Waals surface area (Å²) in [5, 5.41) is 23.0. The molecule has 5 nitrogen and oxygen atoms in total. The van der Waals surface area contributed by atoms with Crippen LogP contribution in [0.5, 0.6) is 0 Å². The molecule has 18 heavy (non-hydrogen) atoms. The number of anilines is 2. The van der Waals surface area contributed by atoms with Gasteiger partial charge < -0.3 is 20.4 Å². The van der Waals surface area contributed by atoms with E-state index >= 15 is 0 Å². The van der Waals surface area contributed by atoms with Crippen molar-refractivity contribution in [1.82, 2.24) is 4.98 Å². The molecule has 7 heteroatoms. The molecule has 1 aromatic heterocycles. The predicted octanol–water partition coefficient (Wildman–Crippen LogP) is 1.36. The number of nitrogens with zero attached hydrogens (tertiary/aromatic N) is 2. The summed E-state index contributed by atoms with van der Waals surface area (Å²) < 4.78 is 0. The first-order valence-electron chi connectivity index (χ1n) is 5.74. The summed E-state index contributed by atoms with van der Waals surface area (Å²) in [5.41, 5.74) is 0. The van der Waals surface area contributed by atoms with E-state index in [-0.39, 0.29) is 0 Å². The van der Waals surface area contributed by atoms with Gasteiger partial charge in [-0.25, -0.2) is 4.98 Å². The number of aliphatic hydroxyl groups is 2. The molecule has 2 atom stereocenters. The second kappa shape index (κ2) is 5.48. The number of pyridine rings is 1. The monoisotopic (exact) mass is 291 g/mol. The van der Waals surface area contributed by atoms with E-state index in [0.717, 1.165) is 0 Å². The third kappa shape index (κ3) is 2.64. The van der Waals surface area contributed by atoms with Gasteiger partial charge >= 0.3 is 0 Å². The number of hydrogen-bond donors (Lipinski definition) is 3. The zero-order valence-electron chi connectivity index (χ0n) is 9.90. The lowest BCUT2D eigenvalue weighted by Gasteiger charge is -2.19. The molecular weight excluding hydrogens is 277 g/mol. The number of rotatable bonds is 3. The van der Waals surface area contributed by atoms with Crippen molar-refractivity contribution in [1.29, 1.82) is 0 Å². The normalized spacial score (nSPS) is 23.5. The quantitative estimate of drug-likeness (QED) is 0.785. The third-order valence-corrected chi connectivity index (χ3v) is 3.38. The highest BCUT2D eigenvalue weighted by atomic mass is 35.5. The average Bonchev–Trinajstić information content (AvgIpc) is 2.63. The van der Waals surface area contributed by atoms with Crippen LogP contribution in [0, 0.1) is 0 Å². The first kappa shape index (κ1) is 13.7. The van der Waals surface area contributed by atoms with E-state index in [9.17, 15) is 10.2 Å². The highest BCUT2D eigenvalue weighted by Gasteiger charge is 2.31. The van der Waals surface area contributed by atoms with Crippen molar-refractivity contribution in [3.8, 4) is 0 Å². The first-order chi connectivity index (χ1) is 8.52. The Morgan fingerprint density at radius 2 is 1.94 bits per heavy atom. The summed E-state index contributed by atoms with van der Waals surface area (Å²) in [6.45, 7) is 3.25. The average molecular weight is 292 g/mol. The largest absolute Gasteiger partial charge is 0.389 e. The van der Waals surface area contributed by atoms with Crippen LogP contribution < -0.4 is 10.2 Å². The van der Waals surface area contributed by atoms with Crippen molar-refractivity contribution in [2.75, 3.05) is 29.9 Å². The molecule has 2 heterocycles. The van der Waals surface area contributed by atoms with Gasteiger partial charge in [-0.3, -0.25) is 0 Å². The Bertz CT molecular complexity index is 435. The summed E-state index contributed by atoms with van der Waals surface area (Å²) in [5.74, 6) is 1.07. The molecular formula is C11H15Cl2N3O2. The number of aliphatic hydroxyl groups excluding tert-OH is 2. The van der Waals surface area contributed by atoms with E-state index in [1.54, 1.807) is 11.0 Å². The molecule has 1 saturated heterocycles. The summed E-state index contributed by atoms with van der Waals surface area (Å²) in [6, 6.07) is 1.61. The Labute approximate surface area is 115 Å². The van der Waals surface area contributed by atoms with Crippen LogP contribution in [-0.2, 0) is 0 Å². The van der Waals surface area contributed by atoms with Gasteiger partial charge in [-0.05, 0) is 13.0 Å². The number of halogens is 2. The van der Waals surface area contributed by atoms with E-state index in [1.165, 1.54) is 0 Å². The van der Waals surface area contributed by atoms with Gasteiger partial charge in [0, 0.05) is 19.6 Å². The summed E-state index contributed by atoms with van der Waals surface area (Å²) in [4.78, 5) is 6.09. The fourth-order valence-electron chi connectivity index (χ4n) is 1.91. The van der Waals surface area contributed by atoms with Crippen LogP contribution in [0.15, 0.2) is 6.07 Å². The zero-order chi connectivity index (χ0) is 13.3. The topological polar surface area (TPSA) is 68.6 Å². The van der Waals surface area contributed by atoms with Crippen molar-refractivity contribution >= 4 is 34.8 Å². The molecule has 2 rings (SSSR count).